The molecule has 1 aliphatic carbocycles. The summed E-state index contributed by atoms with van der Waals surface area (Å²) < 4.78 is 0. The molecule has 1 nitrogen and oxygen atoms in total. The first-order chi connectivity index (χ1) is 5.90. The highest BCUT2D eigenvalue weighted by Crippen LogP contribution is 2.37. The van der Waals surface area contributed by atoms with Gasteiger partial charge in [0.2, 0.25) is 0 Å². The van der Waals surface area contributed by atoms with Crippen molar-refractivity contribution >= 4 is 0 Å². The smallest absolute Gasteiger partial charge is 0.00175 e. The Labute approximate surface area is 75.2 Å². The number of allylic oxidation sites excluding steroid dienone is 1. The zero-order valence-electron chi connectivity index (χ0n) is 7.76. The molecule has 1 aliphatic heterocycles. The summed E-state index contributed by atoms with van der Waals surface area (Å²) in [6.45, 7) is 6.37. The zero-order valence-corrected chi connectivity index (χ0v) is 7.76. The van der Waals surface area contributed by atoms with E-state index in [4.69, 9.17) is 0 Å². The molecule has 2 rings (SSSR count). The van der Waals surface area contributed by atoms with E-state index in [-0.39, 0.29) is 0 Å². The van der Waals surface area contributed by atoms with Crippen molar-refractivity contribution in [2.24, 2.45) is 17.8 Å². The molecule has 3 unspecified atom stereocenters. The summed E-state index contributed by atoms with van der Waals surface area (Å²) in [5, 5.41) is 3.54. The third kappa shape index (κ3) is 1.56. The summed E-state index contributed by atoms with van der Waals surface area (Å²) in [6.07, 6.45) is 7.70. The SMILES string of the molecule is C=CCC1CCC2CNCC1C2. The van der Waals surface area contributed by atoms with E-state index in [1.54, 1.807) is 0 Å². The first-order valence-electron chi connectivity index (χ1n) is 5.21. The normalized spacial score (nSPS) is 40.8. The van der Waals surface area contributed by atoms with Crippen LogP contribution in [0, 0.1) is 17.8 Å². The molecule has 0 aromatic carbocycles. The minimum atomic E-state index is 0.937. The van der Waals surface area contributed by atoms with E-state index in [0.717, 1.165) is 17.8 Å². The summed E-state index contributed by atoms with van der Waals surface area (Å²) in [6, 6.07) is 0. The van der Waals surface area contributed by atoms with Gasteiger partial charge < -0.3 is 5.32 Å². The van der Waals surface area contributed by atoms with Crippen LogP contribution in [0.3, 0.4) is 0 Å². The van der Waals surface area contributed by atoms with Crippen LogP contribution in [-0.2, 0) is 0 Å². The van der Waals surface area contributed by atoms with Gasteiger partial charge in [-0.15, -0.1) is 6.58 Å². The molecule has 68 valence electrons. The van der Waals surface area contributed by atoms with E-state index in [1.807, 2.05) is 0 Å². The molecule has 0 aromatic heterocycles. The lowest BCUT2D eigenvalue weighted by Gasteiger charge is -2.40. The van der Waals surface area contributed by atoms with Gasteiger partial charge in [0.05, 0.1) is 0 Å². The number of hydrogen-bond acceptors (Lipinski definition) is 1. The Balaban J connectivity index is 1.94. The van der Waals surface area contributed by atoms with Crippen molar-refractivity contribution in [1.82, 2.24) is 5.32 Å². The van der Waals surface area contributed by atoms with Gasteiger partial charge in [-0.2, -0.15) is 0 Å². The van der Waals surface area contributed by atoms with Crippen molar-refractivity contribution in [3.05, 3.63) is 12.7 Å². The van der Waals surface area contributed by atoms with Gasteiger partial charge >= 0.3 is 0 Å². The second-order valence-electron chi connectivity index (χ2n) is 4.38. The van der Waals surface area contributed by atoms with E-state index in [2.05, 4.69) is 18.0 Å². The van der Waals surface area contributed by atoms with Gasteiger partial charge in [-0.1, -0.05) is 6.08 Å². The summed E-state index contributed by atoms with van der Waals surface area (Å²) in [4.78, 5) is 0. The monoisotopic (exact) mass is 165 g/mol. The molecular formula is C11H19N. The first kappa shape index (κ1) is 8.31. The highest BCUT2D eigenvalue weighted by molar-refractivity contribution is 4.89. The molecule has 0 radical (unpaired) electrons. The molecule has 3 atom stereocenters. The fraction of sp³-hybridized carbons (Fsp3) is 0.818. The Bertz CT molecular complexity index is 164. The van der Waals surface area contributed by atoms with Crippen molar-refractivity contribution in [3.8, 4) is 0 Å². The second-order valence-corrected chi connectivity index (χ2v) is 4.38. The minimum absolute atomic E-state index is 0.937. The van der Waals surface area contributed by atoms with E-state index in [1.165, 1.54) is 38.8 Å². The molecule has 0 spiro atoms. The highest BCUT2D eigenvalue weighted by atomic mass is 14.9. The molecule has 0 amide bonds. The molecule has 1 saturated carbocycles. The minimum Gasteiger partial charge on any atom is -0.316 e. The van der Waals surface area contributed by atoms with Crippen LogP contribution >= 0.6 is 0 Å². The van der Waals surface area contributed by atoms with Crippen molar-refractivity contribution in [3.63, 3.8) is 0 Å². The van der Waals surface area contributed by atoms with Crippen LogP contribution in [0.15, 0.2) is 12.7 Å². The van der Waals surface area contributed by atoms with Crippen LogP contribution in [-0.4, -0.2) is 13.1 Å². The van der Waals surface area contributed by atoms with E-state index in [9.17, 15) is 0 Å². The van der Waals surface area contributed by atoms with Gasteiger partial charge in [0.15, 0.2) is 0 Å². The van der Waals surface area contributed by atoms with Crippen LogP contribution in [0.25, 0.3) is 0 Å². The Morgan fingerprint density at radius 3 is 3.08 bits per heavy atom. The van der Waals surface area contributed by atoms with Crippen LogP contribution in [0.5, 0.6) is 0 Å². The van der Waals surface area contributed by atoms with E-state index < -0.39 is 0 Å². The molecule has 2 aliphatic rings. The predicted octanol–water partition coefficient (Wildman–Crippen LogP) is 2.20. The summed E-state index contributed by atoms with van der Waals surface area (Å²) in [5.41, 5.74) is 0. The van der Waals surface area contributed by atoms with Crippen LogP contribution < -0.4 is 5.32 Å². The molecule has 1 heteroatoms. The number of hydrogen-bond donors (Lipinski definition) is 1. The number of piperidine rings is 1. The van der Waals surface area contributed by atoms with Gasteiger partial charge in [-0.3, -0.25) is 0 Å². The standard InChI is InChI=1S/C11H19N/c1-2-3-10-5-4-9-6-11(10)8-12-7-9/h2,9-12H,1,3-8H2. The van der Waals surface area contributed by atoms with Gasteiger partial charge in [0.1, 0.15) is 0 Å². The Hall–Kier alpha value is -0.300. The van der Waals surface area contributed by atoms with Crippen molar-refractivity contribution in [2.75, 3.05) is 13.1 Å². The molecule has 1 saturated heterocycles. The van der Waals surface area contributed by atoms with Gasteiger partial charge in [-0.25, -0.2) is 0 Å². The molecule has 1 heterocycles. The van der Waals surface area contributed by atoms with Crippen LogP contribution in [0.2, 0.25) is 0 Å². The topological polar surface area (TPSA) is 12.0 Å². The van der Waals surface area contributed by atoms with Crippen LogP contribution in [0.4, 0.5) is 0 Å². The van der Waals surface area contributed by atoms with E-state index >= 15 is 0 Å². The summed E-state index contributed by atoms with van der Waals surface area (Å²) in [7, 11) is 0. The maximum absolute atomic E-state index is 3.84. The Morgan fingerprint density at radius 1 is 1.33 bits per heavy atom. The highest BCUT2D eigenvalue weighted by Gasteiger charge is 2.32. The maximum atomic E-state index is 3.84. The number of rotatable bonds is 2. The van der Waals surface area contributed by atoms with Gasteiger partial charge in [0, 0.05) is 0 Å². The Morgan fingerprint density at radius 2 is 2.25 bits per heavy atom. The first-order valence-corrected chi connectivity index (χ1v) is 5.21. The average Bonchev–Trinajstić information content (AvgIpc) is 2.11. The lowest BCUT2D eigenvalue weighted by molar-refractivity contribution is 0.138. The van der Waals surface area contributed by atoms with Crippen LogP contribution in [0.1, 0.15) is 25.7 Å². The quantitative estimate of drug-likeness (QED) is 0.618. The molecule has 12 heavy (non-hydrogen) atoms. The fourth-order valence-electron chi connectivity index (χ4n) is 2.86. The number of fused-ring (bicyclic) bond motifs is 2. The third-order valence-corrected chi connectivity index (χ3v) is 3.56. The lowest BCUT2D eigenvalue weighted by atomic mass is 9.71. The molecule has 2 bridgehead atoms. The maximum Gasteiger partial charge on any atom is -0.00175 e. The summed E-state index contributed by atoms with van der Waals surface area (Å²) >= 11 is 0. The molecule has 1 N–H and O–H groups in total. The van der Waals surface area contributed by atoms with Crippen molar-refractivity contribution in [1.29, 1.82) is 0 Å². The predicted molar refractivity (Wildman–Crippen MR) is 52.0 cm³/mol. The second kappa shape index (κ2) is 3.61. The largest absolute Gasteiger partial charge is 0.316 e. The van der Waals surface area contributed by atoms with E-state index in [0.29, 0.717) is 0 Å². The number of nitrogens with one attached hydrogen (secondary N) is 1. The molecule has 0 aromatic rings. The zero-order chi connectivity index (χ0) is 8.39. The summed E-state index contributed by atoms with van der Waals surface area (Å²) in [5.74, 6) is 2.88. The van der Waals surface area contributed by atoms with Gasteiger partial charge in [-0.05, 0) is 56.5 Å². The molecule has 2 fully saturated rings. The van der Waals surface area contributed by atoms with Gasteiger partial charge in [0.25, 0.3) is 0 Å². The Kier molecular flexibility index (Phi) is 2.50. The lowest BCUT2D eigenvalue weighted by Crippen LogP contribution is -2.42. The third-order valence-electron chi connectivity index (χ3n) is 3.56. The molecular weight excluding hydrogens is 146 g/mol. The van der Waals surface area contributed by atoms with Crippen molar-refractivity contribution < 1.29 is 0 Å². The van der Waals surface area contributed by atoms with Crippen molar-refractivity contribution in [2.45, 2.75) is 25.7 Å². The fourth-order valence-corrected chi connectivity index (χ4v) is 2.86. The average molecular weight is 165 g/mol.